The molecule has 0 spiro atoms. The first kappa shape index (κ1) is 11.4. The third-order valence-electron chi connectivity index (χ3n) is 3.29. The highest BCUT2D eigenvalue weighted by Gasteiger charge is 2.05. The van der Waals surface area contributed by atoms with Crippen LogP contribution in [0, 0.1) is 12.7 Å². The average Bonchev–Trinajstić information content (AvgIpc) is 2.82. The molecule has 0 saturated carbocycles. The molecule has 3 rings (SSSR count). The summed E-state index contributed by atoms with van der Waals surface area (Å²) in [4.78, 5) is 0. The van der Waals surface area contributed by atoms with Crippen molar-refractivity contribution in [2.75, 3.05) is 0 Å². The van der Waals surface area contributed by atoms with Gasteiger partial charge < -0.3 is 0 Å². The molecule has 0 radical (unpaired) electrons. The summed E-state index contributed by atoms with van der Waals surface area (Å²) in [6, 6.07) is 13.9. The van der Waals surface area contributed by atoms with Crippen LogP contribution in [0.5, 0.6) is 0 Å². The summed E-state index contributed by atoms with van der Waals surface area (Å²) in [6.07, 6.45) is 0.787. The van der Waals surface area contributed by atoms with Gasteiger partial charge in [0.2, 0.25) is 0 Å². The largest absolute Gasteiger partial charge is 0.207 e. The molecule has 0 aliphatic carbocycles. The van der Waals surface area contributed by atoms with E-state index in [4.69, 9.17) is 0 Å². The van der Waals surface area contributed by atoms with Crippen LogP contribution in [0.3, 0.4) is 0 Å². The quantitative estimate of drug-likeness (QED) is 0.609. The lowest BCUT2D eigenvalue weighted by molar-refractivity contribution is 0.616. The Hall–Kier alpha value is -1.67. The van der Waals surface area contributed by atoms with E-state index in [-0.39, 0.29) is 5.82 Å². The zero-order valence-electron chi connectivity index (χ0n) is 10.1. The van der Waals surface area contributed by atoms with Gasteiger partial charge in [0.25, 0.3) is 0 Å². The third kappa shape index (κ3) is 2.04. The normalized spacial score (nSPS) is 11.0. The SMILES string of the molecule is Cc1c(F)cccc1Cc1ccc2sccc2c1. The number of hydrogen-bond acceptors (Lipinski definition) is 1. The van der Waals surface area contributed by atoms with Crippen molar-refractivity contribution in [3.8, 4) is 0 Å². The minimum atomic E-state index is -0.121. The van der Waals surface area contributed by atoms with Crippen molar-refractivity contribution >= 4 is 21.4 Å². The van der Waals surface area contributed by atoms with Gasteiger partial charge in [-0.3, -0.25) is 0 Å². The zero-order chi connectivity index (χ0) is 12.5. The summed E-state index contributed by atoms with van der Waals surface area (Å²) in [7, 11) is 0. The lowest BCUT2D eigenvalue weighted by atomic mass is 9.99. The van der Waals surface area contributed by atoms with Crippen LogP contribution < -0.4 is 0 Å². The fourth-order valence-electron chi connectivity index (χ4n) is 2.19. The zero-order valence-corrected chi connectivity index (χ0v) is 10.9. The van der Waals surface area contributed by atoms with Gasteiger partial charge in [0.1, 0.15) is 5.82 Å². The van der Waals surface area contributed by atoms with Gasteiger partial charge in [-0.2, -0.15) is 0 Å². The Kier molecular flexibility index (Phi) is 2.88. The Labute approximate surface area is 110 Å². The second kappa shape index (κ2) is 4.54. The van der Waals surface area contributed by atoms with E-state index in [1.165, 1.54) is 21.7 Å². The Morgan fingerprint density at radius 2 is 2.00 bits per heavy atom. The Morgan fingerprint density at radius 1 is 1.11 bits per heavy atom. The molecule has 0 fully saturated rings. The number of thiophene rings is 1. The molecule has 1 aromatic heterocycles. The minimum Gasteiger partial charge on any atom is -0.207 e. The fraction of sp³-hybridized carbons (Fsp3) is 0.125. The molecule has 0 unspecified atom stereocenters. The maximum absolute atomic E-state index is 13.5. The minimum absolute atomic E-state index is 0.121. The maximum atomic E-state index is 13.5. The predicted molar refractivity (Wildman–Crippen MR) is 75.8 cm³/mol. The summed E-state index contributed by atoms with van der Waals surface area (Å²) in [5.41, 5.74) is 3.04. The Morgan fingerprint density at radius 3 is 2.89 bits per heavy atom. The van der Waals surface area contributed by atoms with Crippen LogP contribution in [0.4, 0.5) is 4.39 Å². The van der Waals surface area contributed by atoms with Gasteiger partial charge in [0, 0.05) is 4.70 Å². The lowest BCUT2D eigenvalue weighted by Gasteiger charge is -2.07. The molecule has 2 aromatic carbocycles. The summed E-state index contributed by atoms with van der Waals surface area (Å²) >= 11 is 1.75. The van der Waals surface area contributed by atoms with Crippen molar-refractivity contribution in [1.29, 1.82) is 0 Å². The molecule has 2 heteroatoms. The third-order valence-corrected chi connectivity index (χ3v) is 4.19. The molecule has 90 valence electrons. The number of benzene rings is 2. The van der Waals surface area contributed by atoms with Crippen LogP contribution in [0.15, 0.2) is 47.8 Å². The first-order valence-corrected chi connectivity index (χ1v) is 6.82. The highest BCUT2D eigenvalue weighted by atomic mass is 32.1. The topological polar surface area (TPSA) is 0 Å². The van der Waals surface area contributed by atoms with Crippen LogP contribution in [0.25, 0.3) is 10.1 Å². The first-order chi connectivity index (χ1) is 8.74. The highest BCUT2D eigenvalue weighted by Crippen LogP contribution is 2.24. The van der Waals surface area contributed by atoms with Gasteiger partial charge in [0.15, 0.2) is 0 Å². The van der Waals surface area contributed by atoms with Crippen LogP contribution in [0.1, 0.15) is 16.7 Å². The van der Waals surface area contributed by atoms with E-state index in [1.54, 1.807) is 17.4 Å². The van der Waals surface area contributed by atoms with Crippen LogP contribution >= 0.6 is 11.3 Å². The average molecular weight is 256 g/mol. The van der Waals surface area contributed by atoms with Crippen molar-refractivity contribution < 1.29 is 4.39 Å². The van der Waals surface area contributed by atoms with Crippen molar-refractivity contribution in [2.45, 2.75) is 13.3 Å². The van der Waals surface area contributed by atoms with E-state index < -0.39 is 0 Å². The first-order valence-electron chi connectivity index (χ1n) is 5.94. The smallest absolute Gasteiger partial charge is 0.126 e. The van der Waals surface area contributed by atoms with Crippen LogP contribution in [-0.2, 0) is 6.42 Å². The Balaban J connectivity index is 1.98. The van der Waals surface area contributed by atoms with Crippen molar-refractivity contribution in [1.82, 2.24) is 0 Å². The summed E-state index contributed by atoms with van der Waals surface area (Å²) in [5.74, 6) is -0.121. The van der Waals surface area contributed by atoms with Crippen molar-refractivity contribution in [2.24, 2.45) is 0 Å². The predicted octanol–water partition coefficient (Wildman–Crippen LogP) is 4.94. The molecule has 18 heavy (non-hydrogen) atoms. The summed E-state index contributed by atoms with van der Waals surface area (Å²) in [6.45, 7) is 1.84. The summed E-state index contributed by atoms with van der Waals surface area (Å²) in [5, 5.41) is 3.37. The van der Waals surface area contributed by atoms with Gasteiger partial charge in [0.05, 0.1) is 0 Å². The second-order valence-electron chi connectivity index (χ2n) is 4.49. The van der Waals surface area contributed by atoms with E-state index in [0.29, 0.717) is 0 Å². The second-order valence-corrected chi connectivity index (χ2v) is 5.44. The number of fused-ring (bicyclic) bond motifs is 1. The van der Waals surface area contributed by atoms with Gasteiger partial charge in [-0.05, 0) is 65.1 Å². The molecule has 0 amide bonds. The molecule has 3 aromatic rings. The van der Waals surface area contributed by atoms with Crippen LogP contribution in [-0.4, -0.2) is 0 Å². The molecule has 0 aliphatic rings. The molecule has 1 heterocycles. The van der Waals surface area contributed by atoms with Gasteiger partial charge in [-0.1, -0.05) is 18.2 Å². The van der Waals surface area contributed by atoms with E-state index in [9.17, 15) is 4.39 Å². The molecule has 0 atom stereocenters. The molecule has 0 N–H and O–H groups in total. The number of rotatable bonds is 2. The lowest BCUT2D eigenvalue weighted by Crippen LogP contribution is -1.94. The fourth-order valence-corrected chi connectivity index (χ4v) is 2.96. The van der Waals surface area contributed by atoms with Gasteiger partial charge in [-0.25, -0.2) is 4.39 Å². The number of halogens is 1. The monoisotopic (exact) mass is 256 g/mol. The van der Waals surface area contributed by atoms with Crippen molar-refractivity contribution in [3.63, 3.8) is 0 Å². The summed E-state index contributed by atoms with van der Waals surface area (Å²) < 4.78 is 14.8. The van der Waals surface area contributed by atoms with Crippen LogP contribution in [0.2, 0.25) is 0 Å². The molecule has 0 bridgehead atoms. The molecular formula is C16H13FS. The maximum Gasteiger partial charge on any atom is 0.126 e. The highest BCUT2D eigenvalue weighted by molar-refractivity contribution is 7.17. The molecule has 0 nitrogen and oxygen atoms in total. The molecular weight excluding hydrogens is 243 g/mol. The van der Waals surface area contributed by atoms with E-state index in [0.717, 1.165) is 17.5 Å². The Bertz CT molecular complexity index is 697. The van der Waals surface area contributed by atoms with E-state index >= 15 is 0 Å². The standard InChI is InChI=1S/C16H13FS/c1-11-13(3-2-4-15(11)17)9-12-5-6-16-14(10-12)7-8-18-16/h2-8,10H,9H2,1H3. The number of hydrogen-bond donors (Lipinski definition) is 0. The molecule has 0 saturated heterocycles. The van der Waals surface area contributed by atoms with Crippen molar-refractivity contribution in [3.05, 3.63) is 70.4 Å². The van der Waals surface area contributed by atoms with E-state index in [1.807, 2.05) is 13.0 Å². The van der Waals surface area contributed by atoms with Gasteiger partial charge >= 0.3 is 0 Å². The molecule has 0 aliphatic heterocycles. The van der Waals surface area contributed by atoms with E-state index in [2.05, 4.69) is 29.6 Å². The van der Waals surface area contributed by atoms with Gasteiger partial charge in [-0.15, -0.1) is 11.3 Å².